The molecule has 21 heavy (non-hydrogen) atoms. The molecule has 1 aromatic rings. The number of nitrogens with zero attached hydrogens (tertiary/aromatic N) is 1. The van der Waals surface area contributed by atoms with Gasteiger partial charge in [-0.05, 0) is 62.1 Å². The highest BCUT2D eigenvalue weighted by molar-refractivity contribution is 5.55. The first-order valence-electron chi connectivity index (χ1n) is 8.46. The highest BCUT2D eigenvalue weighted by Crippen LogP contribution is 2.35. The van der Waals surface area contributed by atoms with Crippen LogP contribution < -0.4 is 10.6 Å². The Labute approximate surface area is 130 Å². The molecule has 0 aromatic heterocycles. The highest BCUT2D eigenvalue weighted by atomic mass is 15.1. The maximum Gasteiger partial charge on any atom is 0.0399 e. The molecule has 0 bridgehead atoms. The van der Waals surface area contributed by atoms with Crippen molar-refractivity contribution in [3.8, 4) is 0 Å². The number of hydrogen-bond acceptors (Lipinski definition) is 2. The smallest absolute Gasteiger partial charge is 0.0399 e. The standard InChI is InChI=1S/C19H32N2/c1-15-7-8-18(16(14-15)9-11-20)21-12-5-6-17(10-13-21)19(2,3)4/h7-8,14,17H,5-6,9-13,20H2,1-4H3. The summed E-state index contributed by atoms with van der Waals surface area (Å²) in [5, 5.41) is 0. The van der Waals surface area contributed by atoms with Crippen LogP contribution in [0.3, 0.4) is 0 Å². The van der Waals surface area contributed by atoms with E-state index in [9.17, 15) is 0 Å². The van der Waals surface area contributed by atoms with Crippen LogP contribution in [0.1, 0.15) is 51.2 Å². The van der Waals surface area contributed by atoms with Crippen molar-refractivity contribution in [2.45, 2.75) is 53.4 Å². The Balaban J connectivity index is 2.15. The second-order valence-corrected chi connectivity index (χ2v) is 7.65. The van der Waals surface area contributed by atoms with Crippen LogP contribution in [0.5, 0.6) is 0 Å². The molecule has 1 fully saturated rings. The second-order valence-electron chi connectivity index (χ2n) is 7.65. The predicted octanol–water partition coefficient (Wildman–Crippen LogP) is 4.15. The van der Waals surface area contributed by atoms with Crippen molar-refractivity contribution in [3.63, 3.8) is 0 Å². The van der Waals surface area contributed by atoms with E-state index in [-0.39, 0.29) is 0 Å². The number of rotatable bonds is 3. The van der Waals surface area contributed by atoms with Crippen LogP contribution >= 0.6 is 0 Å². The summed E-state index contributed by atoms with van der Waals surface area (Å²) in [6.07, 6.45) is 4.95. The fourth-order valence-electron chi connectivity index (χ4n) is 3.58. The normalized spacial score (nSPS) is 20.4. The van der Waals surface area contributed by atoms with Gasteiger partial charge >= 0.3 is 0 Å². The summed E-state index contributed by atoms with van der Waals surface area (Å²) in [4.78, 5) is 2.59. The molecule has 0 spiro atoms. The number of nitrogens with two attached hydrogens (primary N) is 1. The van der Waals surface area contributed by atoms with Crippen LogP contribution in [0, 0.1) is 18.3 Å². The molecule has 1 saturated heterocycles. The summed E-state index contributed by atoms with van der Waals surface area (Å²) in [6.45, 7) is 12.4. The molecule has 0 radical (unpaired) electrons. The fourth-order valence-corrected chi connectivity index (χ4v) is 3.58. The molecule has 2 rings (SSSR count). The van der Waals surface area contributed by atoms with Gasteiger partial charge in [-0.1, -0.05) is 38.5 Å². The zero-order chi connectivity index (χ0) is 15.5. The molecule has 2 heteroatoms. The summed E-state index contributed by atoms with van der Waals surface area (Å²) in [5.41, 5.74) is 10.4. The molecule has 0 amide bonds. The van der Waals surface area contributed by atoms with Crippen molar-refractivity contribution in [3.05, 3.63) is 29.3 Å². The molecular formula is C19H32N2. The van der Waals surface area contributed by atoms with Crippen molar-refractivity contribution >= 4 is 5.69 Å². The minimum Gasteiger partial charge on any atom is -0.371 e. The number of anilines is 1. The van der Waals surface area contributed by atoms with E-state index in [2.05, 4.69) is 50.8 Å². The lowest BCUT2D eigenvalue weighted by molar-refractivity contribution is 0.220. The zero-order valence-corrected chi connectivity index (χ0v) is 14.3. The summed E-state index contributed by atoms with van der Waals surface area (Å²) in [5.74, 6) is 0.839. The Morgan fingerprint density at radius 3 is 2.62 bits per heavy atom. The Morgan fingerprint density at radius 1 is 1.19 bits per heavy atom. The Hall–Kier alpha value is -1.02. The maximum absolute atomic E-state index is 5.80. The van der Waals surface area contributed by atoms with Crippen molar-refractivity contribution in [1.29, 1.82) is 0 Å². The van der Waals surface area contributed by atoms with E-state index in [4.69, 9.17) is 5.73 Å². The van der Waals surface area contributed by atoms with Crippen molar-refractivity contribution in [2.75, 3.05) is 24.5 Å². The Morgan fingerprint density at radius 2 is 1.95 bits per heavy atom. The molecule has 1 heterocycles. The third kappa shape index (κ3) is 4.23. The minimum absolute atomic E-state index is 0.434. The molecule has 0 aliphatic carbocycles. The molecular weight excluding hydrogens is 256 g/mol. The third-order valence-electron chi connectivity index (χ3n) is 4.94. The van der Waals surface area contributed by atoms with Gasteiger partial charge in [-0.15, -0.1) is 0 Å². The van der Waals surface area contributed by atoms with Gasteiger partial charge in [-0.3, -0.25) is 0 Å². The maximum atomic E-state index is 5.80. The van der Waals surface area contributed by atoms with Gasteiger partial charge < -0.3 is 10.6 Å². The quantitative estimate of drug-likeness (QED) is 0.905. The second kappa shape index (κ2) is 6.83. The van der Waals surface area contributed by atoms with E-state index in [0.29, 0.717) is 5.41 Å². The molecule has 1 unspecified atom stereocenters. The van der Waals surface area contributed by atoms with Gasteiger partial charge in [-0.2, -0.15) is 0 Å². The number of hydrogen-bond donors (Lipinski definition) is 1. The van der Waals surface area contributed by atoms with Gasteiger partial charge in [0, 0.05) is 18.8 Å². The molecule has 2 N–H and O–H groups in total. The first kappa shape index (κ1) is 16.4. The predicted molar refractivity (Wildman–Crippen MR) is 92.9 cm³/mol. The average Bonchev–Trinajstić information content (AvgIpc) is 2.64. The summed E-state index contributed by atoms with van der Waals surface area (Å²) < 4.78 is 0. The Kier molecular flexibility index (Phi) is 5.32. The molecule has 118 valence electrons. The number of aryl methyl sites for hydroxylation is 1. The summed E-state index contributed by atoms with van der Waals surface area (Å²) in [6, 6.07) is 6.85. The lowest BCUT2D eigenvalue weighted by Gasteiger charge is -2.30. The zero-order valence-electron chi connectivity index (χ0n) is 14.3. The molecule has 1 aromatic carbocycles. The van der Waals surface area contributed by atoms with Crippen LogP contribution in [0.4, 0.5) is 5.69 Å². The van der Waals surface area contributed by atoms with Crippen LogP contribution in [0.2, 0.25) is 0 Å². The van der Waals surface area contributed by atoms with Crippen LogP contribution in [0.25, 0.3) is 0 Å². The van der Waals surface area contributed by atoms with Gasteiger partial charge in [0.05, 0.1) is 0 Å². The van der Waals surface area contributed by atoms with Crippen molar-refractivity contribution in [2.24, 2.45) is 17.1 Å². The summed E-state index contributed by atoms with van der Waals surface area (Å²) in [7, 11) is 0. The van der Waals surface area contributed by atoms with Gasteiger partial charge in [0.15, 0.2) is 0 Å². The van der Waals surface area contributed by atoms with E-state index in [1.165, 1.54) is 49.2 Å². The molecule has 1 aliphatic heterocycles. The monoisotopic (exact) mass is 288 g/mol. The first-order chi connectivity index (χ1) is 9.91. The summed E-state index contributed by atoms with van der Waals surface area (Å²) >= 11 is 0. The van der Waals surface area contributed by atoms with Crippen molar-refractivity contribution in [1.82, 2.24) is 0 Å². The average molecular weight is 288 g/mol. The van der Waals surface area contributed by atoms with E-state index in [1.54, 1.807) is 0 Å². The largest absolute Gasteiger partial charge is 0.371 e. The van der Waals surface area contributed by atoms with Crippen LogP contribution in [0.15, 0.2) is 18.2 Å². The van der Waals surface area contributed by atoms with Gasteiger partial charge in [0.1, 0.15) is 0 Å². The van der Waals surface area contributed by atoms with Crippen molar-refractivity contribution < 1.29 is 0 Å². The van der Waals surface area contributed by atoms with E-state index in [0.717, 1.165) is 18.9 Å². The topological polar surface area (TPSA) is 29.3 Å². The SMILES string of the molecule is Cc1ccc(N2CCCC(C(C)(C)C)CC2)c(CCN)c1. The first-order valence-corrected chi connectivity index (χ1v) is 8.46. The molecule has 1 aliphatic rings. The van der Waals surface area contributed by atoms with Crippen LogP contribution in [-0.2, 0) is 6.42 Å². The van der Waals surface area contributed by atoms with Crippen LogP contribution in [-0.4, -0.2) is 19.6 Å². The third-order valence-corrected chi connectivity index (χ3v) is 4.94. The fraction of sp³-hybridized carbons (Fsp3) is 0.684. The minimum atomic E-state index is 0.434. The lowest BCUT2D eigenvalue weighted by atomic mass is 9.77. The molecule has 1 atom stereocenters. The lowest BCUT2D eigenvalue weighted by Crippen LogP contribution is -2.27. The van der Waals surface area contributed by atoms with Gasteiger partial charge in [0.25, 0.3) is 0 Å². The highest BCUT2D eigenvalue weighted by Gasteiger charge is 2.27. The van der Waals surface area contributed by atoms with E-state index in [1.807, 2.05) is 0 Å². The van der Waals surface area contributed by atoms with E-state index >= 15 is 0 Å². The Bertz CT molecular complexity index is 459. The molecule has 2 nitrogen and oxygen atoms in total. The van der Waals surface area contributed by atoms with Gasteiger partial charge in [-0.25, -0.2) is 0 Å². The number of benzene rings is 1. The van der Waals surface area contributed by atoms with Gasteiger partial charge in [0.2, 0.25) is 0 Å². The molecule has 0 saturated carbocycles. The van der Waals surface area contributed by atoms with E-state index < -0.39 is 0 Å².